The van der Waals surface area contributed by atoms with Gasteiger partial charge in [0, 0.05) is 36.5 Å². The Hall–Kier alpha value is -3.15. The van der Waals surface area contributed by atoms with E-state index in [0.29, 0.717) is 22.5 Å². The van der Waals surface area contributed by atoms with E-state index in [1.54, 1.807) is 55.6 Å². The van der Waals surface area contributed by atoms with Crippen LogP contribution in [-0.4, -0.2) is 24.8 Å². The van der Waals surface area contributed by atoms with Crippen LogP contribution < -0.4 is 16.0 Å². The van der Waals surface area contributed by atoms with Crippen LogP contribution in [0.4, 0.5) is 11.4 Å². The van der Waals surface area contributed by atoms with Crippen LogP contribution in [0.3, 0.4) is 0 Å². The van der Waals surface area contributed by atoms with Gasteiger partial charge >= 0.3 is 0 Å². The summed E-state index contributed by atoms with van der Waals surface area (Å²) in [4.78, 5) is 34.9. The van der Waals surface area contributed by atoms with E-state index in [2.05, 4.69) is 16.0 Å². The zero-order valence-corrected chi connectivity index (χ0v) is 12.8. The Kier molecular flexibility index (Phi) is 5.09. The molecule has 0 spiro atoms. The molecule has 0 aliphatic rings. The van der Waals surface area contributed by atoms with Crippen molar-refractivity contribution >= 4 is 29.1 Å². The number of carbonyl (C=O) groups is 3. The average Bonchev–Trinajstić information content (AvgIpc) is 2.54. The minimum Gasteiger partial charge on any atom is -0.355 e. The fraction of sp³-hybridized carbons (Fsp3) is 0.118. The standard InChI is InChI=1S/C17H17N3O3/c1-11(21)19-14-7-4-6-13(10-14)17(23)20-15-8-3-5-12(9-15)16(22)18-2/h3-10H,1-2H3,(H,18,22)(H,19,21)(H,20,23). The molecular weight excluding hydrogens is 294 g/mol. The second kappa shape index (κ2) is 7.22. The monoisotopic (exact) mass is 311 g/mol. The van der Waals surface area contributed by atoms with Gasteiger partial charge in [-0.1, -0.05) is 12.1 Å². The molecule has 0 radical (unpaired) electrons. The van der Waals surface area contributed by atoms with Crippen molar-refractivity contribution < 1.29 is 14.4 Å². The second-order valence-corrected chi connectivity index (χ2v) is 4.88. The van der Waals surface area contributed by atoms with Gasteiger partial charge in [0.15, 0.2) is 0 Å². The van der Waals surface area contributed by atoms with Crippen molar-refractivity contribution in [2.24, 2.45) is 0 Å². The number of benzene rings is 2. The van der Waals surface area contributed by atoms with Crippen LogP contribution in [0, 0.1) is 0 Å². The van der Waals surface area contributed by atoms with Gasteiger partial charge in [-0.15, -0.1) is 0 Å². The quantitative estimate of drug-likeness (QED) is 0.809. The number of hydrogen-bond acceptors (Lipinski definition) is 3. The molecule has 2 aromatic rings. The van der Waals surface area contributed by atoms with Gasteiger partial charge in [-0.3, -0.25) is 14.4 Å². The number of nitrogens with one attached hydrogen (secondary N) is 3. The molecule has 118 valence electrons. The summed E-state index contributed by atoms with van der Waals surface area (Å²) in [7, 11) is 1.54. The molecule has 3 amide bonds. The van der Waals surface area contributed by atoms with Crippen molar-refractivity contribution in [2.45, 2.75) is 6.92 Å². The molecular formula is C17H17N3O3. The largest absolute Gasteiger partial charge is 0.355 e. The Morgan fingerprint density at radius 2 is 1.30 bits per heavy atom. The van der Waals surface area contributed by atoms with E-state index in [1.165, 1.54) is 6.92 Å². The van der Waals surface area contributed by atoms with Crippen LogP contribution >= 0.6 is 0 Å². The van der Waals surface area contributed by atoms with Crippen LogP contribution in [0.2, 0.25) is 0 Å². The Balaban J connectivity index is 2.16. The van der Waals surface area contributed by atoms with E-state index in [4.69, 9.17) is 0 Å². The maximum Gasteiger partial charge on any atom is 0.255 e. The highest BCUT2D eigenvalue weighted by molar-refractivity contribution is 6.06. The maximum absolute atomic E-state index is 12.3. The summed E-state index contributed by atoms with van der Waals surface area (Å²) >= 11 is 0. The third-order valence-corrected chi connectivity index (χ3v) is 3.05. The summed E-state index contributed by atoms with van der Waals surface area (Å²) in [5, 5.41) is 7.88. The first-order valence-corrected chi connectivity index (χ1v) is 7.01. The summed E-state index contributed by atoms with van der Waals surface area (Å²) in [6.45, 7) is 1.40. The molecule has 0 aromatic heterocycles. The number of carbonyl (C=O) groups excluding carboxylic acids is 3. The number of anilines is 2. The lowest BCUT2D eigenvalue weighted by molar-refractivity contribution is -0.114. The number of rotatable bonds is 4. The van der Waals surface area contributed by atoms with Gasteiger partial charge in [-0.25, -0.2) is 0 Å². The third kappa shape index (κ3) is 4.41. The summed E-state index contributed by atoms with van der Waals surface area (Å²) in [6, 6.07) is 13.2. The van der Waals surface area contributed by atoms with Gasteiger partial charge in [0.05, 0.1) is 0 Å². The highest BCUT2D eigenvalue weighted by atomic mass is 16.2. The minimum absolute atomic E-state index is 0.208. The van der Waals surface area contributed by atoms with Crippen molar-refractivity contribution in [3.8, 4) is 0 Å². The fourth-order valence-electron chi connectivity index (χ4n) is 2.03. The van der Waals surface area contributed by atoms with Crippen LogP contribution in [0.15, 0.2) is 48.5 Å². The fourth-order valence-corrected chi connectivity index (χ4v) is 2.03. The normalized spacial score (nSPS) is 9.83. The molecule has 0 saturated carbocycles. The van der Waals surface area contributed by atoms with E-state index >= 15 is 0 Å². The van der Waals surface area contributed by atoms with Gasteiger partial charge in [0.2, 0.25) is 5.91 Å². The van der Waals surface area contributed by atoms with E-state index in [-0.39, 0.29) is 17.7 Å². The Morgan fingerprint density at radius 1 is 0.783 bits per heavy atom. The van der Waals surface area contributed by atoms with Crippen molar-refractivity contribution in [1.82, 2.24) is 5.32 Å². The van der Waals surface area contributed by atoms with Crippen LogP contribution in [0.5, 0.6) is 0 Å². The SMILES string of the molecule is CNC(=O)c1cccc(NC(=O)c2cccc(NC(C)=O)c2)c1. The first kappa shape index (κ1) is 16.2. The third-order valence-electron chi connectivity index (χ3n) is 3.05. The van der Waals surface area contributed by atoms with E-state index in [1.807, 2.05) is 0 Å². The van der Waals surface area contributed by atoms with Crippen LogP contribution in [0.25, 0.3) is 0 Å². The molecule has 0 saturated heterocycles. The van der Waals surface area contributed by atoms with Gasteiger partial charge in [0.25, 0.3) is 11.8 Å². The molecule has 0 aliphatic heterocycles. The zero-order valence-electron chi connectivity index (χ0n) is 12.8. The maximum atomic E-state index is 12.3. The molecule has 2 aromatic carbocycles. The molecule has 0 aliphatic carbocycles. The lowest BCUT2D eigenvalue weighted by Crippen LogP contribution is -2.18. The molecule has 0 heterocycles. The van der Waals surface area contributed by atoms with Crippen molar-refractivity contribution in [3.63, 3.8) is 0 Å². The first-order chi connectivity index (χ1) is 11.0. The molecule has 2 rings (SSSR count). The second-order valence-electron chi connectivity index (χ2n) is 4.88. The summed E-state index contributed by atoms with van der Waals surface area (Å²) in [5.74, 6) is -0.763. The van der Waals surface area contributed by atoms with Gasteiger partial charge in [0.1, 0.15) is 0 Å². The molecule has 0 bridgehead atoms. The summed E-state index contributed by atoms with van der Waals surface area (Å²) < 4.78 is 0. The molecule has 23 heavy (non-hydrogen) atoms. The average molecular weight is 311 g/mol. The summed E-state index contributed by atoms with van der Waals surface area (Å²) in [5.41, 5.74) is 1.92. The Morgan fingerprint density at radius 3 is 1.83 bits per heavy atom. The van der Waals surface area contributed by atoms with Gasteiger partial charge in [-0.2, -0.15) is 0 Å². The Labute approximate surface area is 133 Å². The zero-order chi connectivity index (χ0) is 16.8. The molecule has 3 N–H and O–H groups in total. The smallest absolute Gasteiger partial charge is 0.255 e. The van der Waals surface area contributed by atoms with Crippen LogP contribution in [-0.2, 0) is 4.79 Å². The van der Waals surface area contributed by atoms with Gasteiger partial charge in [-0.05, 0) is 36.4 Å². The molecule has 0 fully saturated rings. The molecule has 0 atom stereocenters. The number of hydrogen-bond donors (Lipinski definition) is 3. The predicted molar refractivity (Wildman–Crippen MR) is 88.5 cm³/mol. The van der Waals surface area contributed by atoms with E-state index < -0.39 is 0 Å². The van der Waals surface area contributed by atoms with Crippen molar-refractivity contribution in [1.29, 1.82) is 0 Å². The highest BCUT2D eigenvalue weighted by Crippen LogP contribution is 2.15. The number of amides is 3. The van der Waals surface area contributed by atoms with Gasteiger partial charge < -0.3 is 16.0 Å². The lowest BCUT2D eigenvalue weighted by Gasteiger charge is -2.08. The topological polar surface area (TPSA) is 87.3 Å². The predicted octanol–water partition coefficient (Wildman–Crippen LogP) is 2.26. The molecule has 0 unspecified atom stereocenters. The van der Waals surface area contributed by atoms with E-state index in [0.717, 1.165) is 0 Å². The molecule has 6 nitrogen and oxygen atoms in total. The first-order valence-electron chi connectivity index (χ1n) is 7.01. The molecule has 6 heteroatoms. The minimum atomic E-state index is -0.328. The van der Waals surface area contributed by atoms with Crippen molar-refractivity contribution in [3.05, 3.63) is 59.7 Å². The highest BCUT2D eigenvalue weighted by Gasteiger charge is 2.09. The van der Waals surface area contributed by atoms with Crippen LogP contribution in [0.1, 0.15) is 27.6 Å². The lowest BCUT2D eigenvalue weighted by atomic mass is 10.1. The summed E-state index contributed by atoms with van der Waals surface area (Å²) in [6.07, 6.45) is 0. The van der Waals surface area contributed by atoms with Crippen molar-refractivity contribution in [2.75, 3.05) is 17.7 Å². The Bertz CT molecular complexity index is 756. The van der Waals surface area contributed by atoms with E-state index in [9.17, 15) is 14.4 Å².